The van der Waals surface area contributed by atoms with Gasteiger partial charge in [0, 0.05) is 18.7 Å². The molecular formula is C13H13NO. The number of amides is 1. The van der Waals surface area contributed by atoms with Gasteiger partial charge in [0.25, 0.3) is 5.91 Å². The van der Waals surface area contributed by atoms with Gasteiger partial charge >= 0.3 is 0 Å². The van der Waals surface area contributed by atoms with Crippen LogP contribution in [0.5, 0.6) is 0 Å². The number of benzene rings is 1. The van der Waals surface area contributed by atoms with E-state index in [1.54, 1.807) is 17.0 Å². The molecule has 2 heteroatoms. The Morgan fingerprint density at radius 1 is 1.47 bits per heavy atom. The fraction of sp³-hybridized carbons (Fsp3) is 0.308. The van der Waals surface area contributed by atoms with Crippen LogP contribution in [0.25, 0.3) is 0 Å². The van der Waals surface area contributed by atoms with Crippen LogP contribution in [-0.4, -0.2) is 23.9 Å². The maximum atomic E-state index is 12.0. The van der Waals surface area contributed by atoms with Crippen molar-refractivity contribution in [3.05, 3.63) is 35.4 Å². The summed E-state index contributed by atoms with van der Waals surface area (Å²) >= 11 is 0. The van der Waals surface area contributed by atoms with Crippen LogP contribution >= 0.6 is 0 Å². The monoisotopic (exact) mass is 199 g/mol. The highest BCUT2D eigenvalue weighted by Gasteiger charge is 2.30. The molecule has 2 rings (SSSR count). The van der Waals surface area contributed by atoms with Crippen LogP contribution in [-0.2, 0) is 0 Å². The fourth-order valence-electron chi connectivity index (χ4n) is 1.61. The molecule has 1 aliphatic rings. The van der Waals surface area contributed by atoms with E-state index >= 15 is 0 Å². The Balaban J connectivity index is 2.28. The van der Waals surface area contributed by atoms with Gasteiger partial charge in [0.05, 0.1) is 5.56 Å². The molecule has 1 fully saturated rings. The quantitative estimate of drug-likeness (QED) is 0.666. The Hall–Kier alpha value is -1.75. The van der Waals surface area contributed by atoms with Crippen LogP contribution < -0.4 is 0 Å². The molecule has 0 unspecified atom stereocenters. The Kier molecular flexibility index (Phi) is 2.47. The Morgan fingerprint density at radius 3 is 2.73 bits per heavy atom. The first-order chi connectivity index (χ1) is 7.24. The van der Waals surface area contributed by atoms with Crippen LogP contribution in [0.4, 0.5) is 0 Å². The second-order valence-corrected chi connectivity index (χ2v) is 3.84. The zero-order valence-corrected chi connectivity index (χ0v) is 8.73. The maximum Gasteiger partial charge on any atom is 0.255 e. The van der Waals surface area contributed by atoms with Crippen LogP contribution in [0.1, 0.15) is 28.8 Å². The van der Waals surface area contributed by atoms with Crippen molar-refractivity contribution in [3.8, 4) is 12.3 Å². The number of hydrogen-bond acceptors (Lipinski definition) is 1. The van der Waals surface area contributed by atoms with E-state index in [-0.39, 0.29) is 5.91 Å². The first kappa shape index (κ1) is 9.79. The lowest BCUT2D eigenvalue weighted by Gasteiger charge is -2.16. The molecule has 1 amide bonds. The van der Waals surface area contributed by atoms with Crippen molar-refractivity contribution >= 4 is 5.91 Å². The van der Waals surface area contributed by atoms with Gasteiger partial charge in [0.2, 0.25) is 0 Å². The summed E-state index contributed by atoms with van der Waals surface area (Å²) in [4.78, 5) is 13.8. The van der Waals surface area contributed by atoms with E-state index in [0.717, 1.165) is 12.8 Å². The van der Waals surface area contributed by atoms with Crippen molar-refractivity contribution in [2.45, 2.75) is 18.9 Å². The molecule has 1 saturated carbocycles. The van der Waals surface area contributed by atoms with Crippen LogP contribution in [0.3, 0.4) is 0 Å². The molecule has 1 aromatic carbocycles. The number of nitrogens with zero attached hydrogens (tertiary/aromatic N) is 1. The Bertz CT molecular complexity index is 426. The summed E-state index contributed by atoms with van der Waals surface area (Å²) in [5, 5.41) is 0. The van der Waals surface area contributed by atoms with Gasteiger partial charge in [-0.25, -0.2) is 0 Å². The van der Waals surface area contributed by atoms with Gasteiger partial charge in [-0.1, -0.05) is 18.1 Å². The Labute approximate surface area is 89.9 Å². The van der Waals surface area contributed by atoms with Crippen molar-refractivity contribution in [1.29, 1.82) is 0 Å². The van der Waals surface area contributed by atoms with Crippen molar-refractivity contribution < 1.29 is 4.79 Å². The van der Waals surface area contributed by atoms with E-state index in [2.05, 4.69) is 5.92 Å². The highest BCUT2D eigenvalue weighted by molar-refractivity contribution is 5.96. The minimum atomic E-state index is 0.0334. The number of rotatable bonds is 2. The summed E-state index contributed by atoms with van der Waals surface area (Å²) < 4.78 is 0. The summed E-state index contributed by atoms with van der Waals surface area (Å²) in [6, 6.07) is 7.70. The van der Waals surface area contributed by atoms with E-state index in [4.69, 9.17) is 6.42 Å². The molecule has 0 saturated heterocycles. The Morgan fingerprint density at radius 2 is 2.13 bits per heavy atom. The van der Waals surface area contributed by atoms with E-state index in [1.165, 1.54) is 0 Å². The van der Waals surface area contributed by atoms with E-state index < -0.39 is 0 Å². The molecule has 0 aliphatic heterocycles. The first-order valence-corrected chi connectivity index (χ1v) is 5.07. The SMILES string of the molecule is C#Cc1ccccc1C(=O)N(C)C1CC1. The summed E-state index contributed by atoms with van der Waals surface area (Å²) in [6.45, 7) is 0. The first-order valence-electron chi connectivity index (χ1n) is 5.07. The molecule has 1 aliphatic carbocycles. The molecule has 0 atom stereocenters. The lowest BCUT2D eigenvalue weighted by Crippen LogP contribution is -2.29. The van der Waals surface area contributed by atoms with E-state index in [0.29, 0.717) is 17.2 Å². The normalized spacial score (nSPS) is 14.4. The lowest BCUT2D eigenvalue weighted by molar-refractivity contribution is 0.0785. The minimum absolute atomic E-state index is 0.0334. The third-order valence-corrected chi connectivity index (χ3v) is 2.73. The topological polar surface area (TPSA) is 20.3 Å². The molecule has 0 spiro atoms. The second kappa shape index (κ2) is 3.78. The zero-order chi connectivity index (χ0) is 10.8. The highest BCUT2D eigenvalue weighted by atomic mass is 16.2. The van der Waals surface area contributed by atoms with Gasteiger partial charge in [-0.15, -0.1) is 6.42 Å². The fourth-order valence-corrected chi connectivity index (χ4v) is 1.61. The van der Waals surface area contributed by atoms with Gasteiger partial charge in [-0.2, -0.15) is 0 Å². The molecule has 0 aromatic heterocycles. The largest absolute Gasteiger partial charge is 0.339 e. The molecule has 0 bridgehead atoms. The zero-order valence-electron chi connectivity index (χ0n) is 8.73. The number of terminal acetylenes is 1. The molecule has 15 heavy (non-hydrogen) atoms. The average molecular weight is 199 g/mol. The minimum Gasteiger partial charge on any atom is -0.339 e. The average Bonchev–Trinajstić information content (AvgIpc) is 3.11. The van der Waals surface area contributed by atoms with Crippen LogP contribution in [0.15, 0.2) is 24.3 Å². The molecule has 0 N–H and O–H groups in total. The standard InChI is InChI=1S/C13H13NO/c1-3-10-6-4-5-7-12(10)13(15)14(2)11-8-9-11/h1,4-7,11H,8-9H2,2H3. The number of carbonyl (C=O) groups is 1. The van der Waals surface area contributed by atoms with Crippen LogP contribution in [0.2, 0.25) is 0 Å². The predicted molar refractivity (Wildman–Crippen MR) is 59.5 cm³/mol. The second-order valence-electron chi connectivity index (χ2n) is 3.84. The van der Waals surface area contributed by atoms with Gasteiger partial charge in [0.1, 0.15) is 0 Å². The summed E-state index contributed by atoms with van der Waals surface area (Å²) in [5.74, 6) is 2.58. The van der Waals surface area contributed by atoms with E-state index in [9.17, 15) is 4.79 Å². The van der Waals surface area contributed by atoms with Crippen molar-refractivity contribution in [1.82, 2.24) is 4.90 Å². The molecule has 0 radical (unpaired) electrons. The third-order valence-electron chi connectivity index (χ3n) is 2.73. The number of hydrogen-bond donors (Lipinski definition) is 0. The van der Waals surface area contributed by atoms with Crippen molar-refractivity contribution in [2.24, 2.45) is 0 Å². The molecule has 2 nitrogen and oxygen atoms in total. The molecule has 0 heterocycles. The molecular weight excluding hydrogens is 186 g/mol. The van der Waals surface area contributed by atoms with Gasteiger partial charge in [-0.05, 0) is 25.0 Å². The molecule has 1 aromatic rings. The van der Waals surface area contributed by atoms with Gasteiger partial charge in [-0.3, -0.25) is 4.79 Å². The maximum absolute atomic E-state index is 12.0. The van der Waals surface area contributed by atoms with Crippen LogP contribution in [0, 0.1) is 12.3 Å². The smallest absolute Gasteiger partial charge is 0.255 e. The lowest BCUT2D eigenvalue weighted by atomic mass is 10.1. The summed E-state index contributed by atoms with van der Waals surface area (Å²) in [7, 11) is 1.84. The van der Waals surface area contributed by atoms with E-state index in [1.807, 2.05) is 19.2 Å². The van der Waals surface area contributed by atoms with Gasteiger partial charge < -0.3 is 4.90 Å². The summed E-state index contributed by atoms with van der Waals surface area (Å²) in [5.41, 5.74) is 1.31. The molecule has 76 valence electrons. The predicted octanol–water partition coefficient (Wildman–Crippen LogP) is 1.90. The van der Waals surface area contributed by atoms with Crippen molar-refractivity contribution in [3.63, 3.8) is 0 Å². The van der Waals surface area contributed by atoms with Crippen molar-refractivity contribution in [2.75, 3.05) is 7.05 Å². The number of carbonyl (C=O) groups excluding carboxylic acids is 1. The summed E-state index contributed by atoms with van der Waals surface area (Å²) in [6.07, 6.45) is 7.58. The highest BCUT2D eigenvalue weighted by Crippen LogP contribution is 2.27. The third kappa shape index (κ3) is 1.87. The van der Waals surface area contributed by atoms with Gasteiger partial charge in [0.15, 0.2) is 0 Å².